The van der Waals surface area contributed by atoms with E-state index in [1.807, 2.05) is 30.3 Å². The Morgan fingerprint density at radius 1 is 1.19 bits per heavy atom. The summed E-state index contributed by atoms with van der Waals surface area (Å²) in [5.74, 6) is -4.51. The van der Waals surface area contributed by atoms with Gasteiger partial charge in [-0.1, -0.05) is 41.7 Å². The van der Waals surface area contributed by atoms with Crippen molar-refractivity contribution in [3.63, 3.8) is 0 Å². The Labute approximate surface area is 150 Å². The minimum atomic E-state index is -4.61. The van der Waals surface area contributed by atoms with E-state index in [0.29, 0.717) is 5.01 Å². The van der Waals surface area contributed by atoms with Gasteiger partial charge in [-0.05, 0) is 0 Å². The third-order valence-corrected chi connectivity index (χ3v) is 4.94. The van der Waals surface area contributed by atoms with Crippen molar-refractivity contribution in [1.82, 2.24) is 15.1 Å². The number of rotatable bonds is 3. The molecule has 1 aliphatic heterocycles. The largest absolute Gasteiger partial charge is 0.394 e. The molecule has 1 aliphatic rings. The van der Waals surface area contributed by atoms with Crippen molar-refractivity contribution in [1.29, 1.82) is 0 Å². The number of hydrogen-bond donors (Lipinski definition) is 2. The summed E-state index contributed by atoms with van der Waals surface area (Å²) in [6.07, 6.45) is -4.61. The third kappa shape index (κ3) is 3.77. The van der Waals surface area contributed by atoms with Crippen molar-refractivity contribution in [2.24, 2.45) is 17.6 Å². The van der Waals surface area contributed by atoms with Gasteiger partial charge >= 0.3 is 12.2 Å². The molecule has 0 unspecified atom stereocenters. The van der Waals surface area contributed by atoms with Crippen molar-refractivity contribution < 1.29 is 22.8 Å². The average Bonchev–Trinajstić information content (AvgIpc) is 3.22. The van der Waals surface area contributed by atoms with Crippen LogP contribution < -0.4 is 11.1 Å². The highest BCUT2D eigenvalue weighted by Gasteiger charge is 2.52. The second-order valence-corrected chi connectivity index (χ2v) is 6.75. The van der Waals surface area contributed by atoms with Gasteiger partial charge in [-0.25, -0.2) is 4.79 Å². The molecule has 7 nitrogen and oxygen atoms in total. The van der Waals surface area contributed by atoms with E-state index in [9.17, 15) is 22.8 Å². The average molecular weight is 385 g/mol. The first kappa shape index (κ1) is 18.1. The summed E-state index contributed by atoms with van der Waals surface area (Å²) < 4.78 is 39.1. The van der Waals surface area contributed by atoms with Gasteiger partial charge in [0.15, 0.2) is 0 Å². The first-order valence-electron chi connectivity index (χ1n) is 7.56. The van der Waals surface area contributed by atoms with Crippen LogP contribution in [-0.2, 0) is 4.79 Å². The summed E-state index contributed by atoms with van der Waals surface area (Å²) in [4.78, 5) is 24.4. The van der Waals surface area contributed by atoms with Gasteiger partial charge in [0.1, 0.15) is 5.01 Å². The molecule has 11 heteroatoms. The highest BCUT2D eigenvalue weighted by atomic mass is 32.1. The zero-order chi connectivity index (χ0) is 18.9. The van der Waals surface area contributed by atoms with Crippen molar-refractivity contribution in [2.75, 3.05) is 18.4 Å². The SMILES string of the molecule is NC(=O)[C@@H]1CN(C(=O)Nc2nnc(-c3ccccc3)s2)C[C@H]1C(F)(F)F. The number of nitrogens with zero attached hydrogens (tertiary/aromatic N) is 3. The van der Waals surface area contributed by atoms with Crippen molar-refractivity contribution in [2.45, 2.75) is 6.18 Å². The molecule has 0 aliphatic carbocycles. The number of primary amides is 1. The summed E-state index contributed by atoms with van der Waals surface area (Å²) in [7, 11) is 0. The number of carbonyl (C=O) groups excluding carboxylic acids is 2. The van der Waals surface area contributed by atoms with Gasteiger partial charge in [-0.15, -0.1) is 10.2 Å². The Morgan fingerprint density at radius 2 is 1.88 bits per heavy atom. The quantitative estimate of drug-likeness (QED) is 0.847. The number of benzene rings is 1. The lowest BCUT2D eigenvalue weighted by Gasteiger charge is -2.18. The third-order valence-electron chi connectivity index (χ3n) is 4.05. The maximum Gasteiger partial charge on any atom is 0.394 e. The fourth-order valence-electron chi connectivity index (χ4n) is 2.73. The Morgan fingerprint density at radius 3 is 2.46 bits per heavy atom. The number of alkyl halides is 3. The van der Waals surface area contributed by atoms with E-state index < -0.39 is 43.0 Å². The van der Waals surface area contributed by atoms with E-state index in [2.05, 4.69) is 15.5 Å². The van der Waals surface area contributed by atoms with Crippen LogP contribution in [0.1, 0.15) is 0 Å². The van der Waals surface area contributed by atoms with Crippen molar-refractivity contribution >= 4 is 28.4 Å². The lowest BCUT2D eigenvalue weighted by atomic mass is 9.95. The summed E-state index contributed by atoms with van der Waals surface area (Å²) in [5.41, 5.74) is 5.85. The van der Waals surface area contributed by atoms with Crippen molar-refractivity contribution in [3.8, 4) is 10.6 Å². The molecule has 3 amide bonds. The zero-order valence-corrected chi connectivity index (χ0v) is 14.0. The van der Waals surface area contributed by atoms with Gasteiger partial charge in [0, 0.05) is 18.7 Å². The Hall–Kier alpha value is -2.69. The molecular weight excluding hydrogens is 371 g/mol. The van der Waals surface area contributed by atoms with Gasteiger partial charge < -0.3 is 10.6 Å². The maximum atomic E-state index is 13.0. The fraction of sp³-hybridized carbons (Fsp3) is 0.333. The normalized spacial score (nSPS) is 20.2. The van der Waals surface area contributed by atoms with E-state index >= 15 is 0 Å². The number of carbonyl (C=O) groups is 2. The minimum Gasteiger partial charge on any atom is -0.369 e. The molecule has 3 rings (SSSR count). The molecule has 0 radical (unpaired) electrons. The molecule has 1 aromatic heterocycles. The molecule has 138 valence electrons. The number of aromatic nitrogens is 2. The molecule has 1 fully saturated rings. The number of anilines is 1. The van der Waals surface area contributed by atoms with E-state index in [-0.39, 0.29) is 5.13 Å². The van der Waals surface area contributed by atoms with Gasteiger partial charge in [-0.3, -0.25) is 10.1 Å². The van der Waals surface area contributed by atoms with Crippen LogP contribution in [0, 0.1) is 11.8 Å². The Kier molecular flexibility index (Phi) is 4.81. The molecule has 2 heterocycles. The molecule has 0 saturated carbocycles. The minimum absolute atomic E-state index is 0.153. The molecule has 0 bridgehead atoms. The molecule has 2 aromatic rings. The molecule has 0 spiro atoms. The first-order chi connectivity index (χ1) is 12.3. The van der Waals surface area contributed by atoms with Crippen molar-refractivity contribution in [3.05, 3.63) is 30.3 Å². The molecule has 26 heavy (non-hydrogen) atoms. The summed E-state index contributed by atoms with van der Waals surface area (Å²) >= 11 is 1.09. The number of nitrogens with one attached hydrogen (secondary N) is 1. The molecule has 1 saturated heterocycles. The van der Waals surface area contributed by atoms with E-state index in [4.69, 9.17) is 5.73 Å². The highest BCUT2D eigenvalue weighted by Crippen LogP contribution is 2.37. The van der Waals surface area contributed by atoms with Crippen LogP contribution in [0.4, 0.5) is 23.1 Å². The highest BCUT2D eigenvalue weighted by molar-refractivity contribution is 7.18. The van der Waals surface area contributed by atoms with E-state index in [1.54, 1.807) is 0 Å². The second kappa shape index (κ2) is 6.90. The molecule has 2 atom stereocenters. The zero-order valence-electron chi connectivity index (χ0n) is 13.2. The lowest BCUT2D eigenvalue weighted by Crippen LogP contribution is -2.37. The molecule has 3 N–H and O–H groups in total. The number of urea groups is 1. The number of likely N-dealkylation sites (tertiary alicyclic amines) is 1. The van der Waals surface area contributed by atoms with Crippen LogP contribution in [-0.4, -0.2) is 46.3 Å². The Balaban J connectivity index is 1.69. The van der Waals surface area contributed by atoms with Crippen LogP contribution in [0.2, 0.25) is 0 Å². The summed E-state index contributed by atoms with van der Waals surface area (Å²) in [5, 5.41) is 10.9. The van der Waals surface area contributed by atoms with Gasteiger partial charge in [0.05, 0.1) is 11.8 Å². The van der Waals surface area contributed by atoms with Crippen LogP contribution in [0.5, 0.6) is 0 Å². The maximum absolute atomic E-state index is 13.0. The summed E-state index contributed by atoms with van der Waals surface area (Å²) in [6, 6.07) is 8.34. The monoisotopic (exact) mass is 385 g/mol. The lowest BCUT2D eigenvalue weighted by molar-refractivity contribution is -0.182. The number of hydrogen-bond acceptors (Lipinski definition) is 5. The van der Waals surface area contributed by atoms with Gasteiger partial charge in [0.2, 0.25) is 11.0 Å². The first-order valence-corrected chi connectivity index (χ1v) is 8.38. The predicted octanol–water partition coefficient (Wildman–Crippen LogP) is 2.33. The number of nitrogens with two attached hydrogens (primary N) is 1. The van der Waals surface area contributed by atoms with Gasteiger partial charge in [0.25, 0.3) is 0 Å². The fourth-order valence-corrected chi connectivity index (χ4v) is 3.47. The van der Waals surface area contributed by atoms with Crippen LogP contribution in [0.3, 0.4) is 0 Å². The predicted molar refractivity (Wildman–Crippen MR) is 88.2 cm³/mol. The van der Waals surface area contributed by atoms with Crippen LogP contribution in [0.25, 0.3) is 10.6 Å². The summed E-state index contributed by atoms with van der Waals surface area (Å²) in [6.45, 7) is -1.02. The second-order valence-electron chi connectivity index (χ2n) is 5.77. The van der Waals surface area contributed by atoms with Crippen LogP contribution >= 0.6 is 11.3 Å². The Bertz CT molecular complexity index is 811. The van der Waals surface area contributed by atoms with Crippen LogP contribution in [0.15, 0.2) is 30.3 Å². The molecule has 1 aromatic carbocycles. The smallest absolute Gasteiger partial charge is 0.369 e. The number of halogens is 3. The standard InChI is InChI=1S/C15H14F3N5O2S/c16-15(17,18)10-7-23(6-9(10)11(19)24)14(25)20-13-22-21-12(26-13)8-4-2-1-3-5-8/h1-5,9-10H,6-7H2,(H2,19,24)(H,20,22,25)/t9-,10-/m1/s1. The van der Waals surface area contributed by atoms with E-state index in [1.165, 1.54) is 0 Å². The van der Waals surface area contributed by atoms with E-state index in [0.717, 1.165) is 21.8 Å². The topological polar surface area (TPSA) is 101 Å². The molecular formula is C15H14F3N5O2S. The van der Waals surface area contributed by atoms with Gasteiger partial charge in [-0.2, -0.15) is 13.2 Å². The number of amides is 3.